The molecule has 1 heterocycles. The topological polar surface area (TPSA) is 52.9 Å². The third-order valence-corrected chi connectivity index (χ3v) is 4.04. The van der Waals surface area contributed by atoms with Crippen LogP contribution in [0.25, 0.3) is 0 Å². The molecule has 5 heteroatoms. The van der Waals surface area contributed by atoms with Gasteiger partial charge in [-0.05, 0) is 48.9 Å². The molecule has 0 bridgehead atoms. The molecule has 1 aromatic rings. The van der Waals surface area contributed by atoms with Crippen LogP contribution in [0, 0.1) is 5.41 Å². The van der Waals surface area contributed by atoms with Crippen molar-refractivity contribution in [1.29, 1.82) is 0 Å². The molecule has 1 aliphatic heterocycles. The van der Waals surface area contributed by atoms with Crippen molar-refractivity contribution in [2.24, 2.45) is 5.41 Å². The highest BCUT2D eigenvalue weighted by Gasteiger charge is 2.24. The smallest absolute Gasteiger partial charge is 0.488 e. The van der Waals surface area contributed by atoms with Crippen molar-refractivity contribution in [2.75, 3.05) is 26.2 Å². The summed E-state index contributed by atoms with van der Waals surface area (Å²) < 4.78 is 5.69. The summed E-state index contributed by atoms with van der Waals surface area (Å²) in [6, 6.07) is 6.95. The number of hydrogen-bond acceptors (Lipinski definition) is 4. The van der Waals surface area contributed by atoms with Crippen LogP contribution in [0.3, 0.4) is 0 Å². The summed E-state index contributed by atoms with van der Waals surface area (Å²) in [5.74, 6) is 0.688. The van der Waals surface area contributed by atoms with E-state index < -0.39 is 7.12 Å². The van der Waals surface area contributed by atoms with Gasteiger partial charge in [0.15, 0.2) is 0 Å². The van der Waals surface area contributed by atoms with Gasteiger partial charge >= 0.3 is 7.12 Å². The van der Waals surface area contributed by atoms with E-state index >= 15 is 0 Å². The average molecular weight is 277 g/mol. The molecule has 0 spiro atoms. The minimum Gasteiger partial charge on any atom is -0.492 e. The standard InChI is InChI=1S/C15H24BNO3/c1-15(2)6-8-17(9-7-15)10-11-20-14-5-3-4-13(12-14)16(18)19/h3-5,12,18-19H,6-11H2,1-2H3. The van der Waals surface area contributed by atoms with Gasteiger partial charge in [-0.2, -0.15) is 0 Å². The highest BCUT2D eigenvalue weighted by molar-refractivity contribution is 6.58. The molecule has 1 aromatic carbocycles. The Kier molecular flexibility index (Phi) is 5.08. The van der Waals surface area contributed by atoms with Gasteiger partial charge < -0.3 is 14.8 Å². The molecule has 0 saturated carbocycles. The molecular formula is C15H24BNO3. The van der Waals surface area contributed by atoms with E-state index in [4.69, 9.17) is 14.8 Å². The van der Waals surface area contributed by atoms with Crippen molar-refractivity contribution in [2.45, 2.75) is 26.7 Å². The fraction of sp³-hybridized carbons (Fsp3) is 0.600. The molecular weight excluding hydrogens is 253 g/mol. The van der Waals surface area contributed by atoms with E-state index in [2.05, 4.69) is 18.7 Å². The fourth-order valence-corrected chi connectivity index (χ4v) is 2.44. The van der Waals surface area contributed by atoms with Crippen LogP contribution in [0.2, 0.25) is 0 Å². The molecule has 0 aliphatic carbocycles. The maximum atomic E-state index is 9.12. The Hall–Kier alpha value is -1.04. The summed E-state index contributed by atoms with van der Waals surface area (Å²) in [5.41, 5.74) is 0.936. The van der Waals surface area contributed by atoms with Crippen molar-refractivity contribution >= 4 is 12.6 Å². The molecule has 4 nitrogen and oxygen atoms in total. The minimum atomic E-state index is -1.44. The third kappa shape index (κ3) is 4.51. The molecule has 1 aliphatic rings. The zero-order valence-corrected chi connectivity index (χ0v) is 12.4. The molecule has 0 radical (unpaired) electrons. The van der Waals surface area contributed by atoms with Crippen LogP contribution < -0.4 is 10.2 Å². The molecule has 1 saturated heterocycles. The van der Waals surface area contributed by atoms with Crippen molar-refractivity contribution in [1.82, 2.24) is 4.90 Å². The Bertz CT molecular complexity index is 427. The summed E-state index contributed by atoms with van der Waals surface area (Å²) in [5, 5.41) is 18.2. The second kappa shape index (κ2) is 6.61. The van der Waals surface area contributed by atoms with E-state index in [1.807, 2.05) is 6.07 Å². The lowest BCUT2D eigenvalue weighted by molar-refractivity contribution is 0.116. The second-order valence-electron chi connectivity index (χ2n) is 6.30. The van der Waals surface area contributed by atoms with Crippen LogP contribution in [0.4, 0.5) is 0 Å². The quantitative estimate of drug-likeness (QED) is 0.784. The van der Waals surface area contributed by atoms with Gasteiger partial charge in [-0.25, -0.2) is 0 Å². The van der Waals surface area contributed by atoms with E-state index in [9.17, 15) is 0 Å². The lowest BCUT2D eigenvalue weighted by atomic mass is 9.80. The number of likely N-dealkylation sites (tertiary alicyclic amines) is 1. The number of rotatable bonds is 5. The largest absolute Gasteiger partial charge is 0.492 e. The first-order valence-electron chi connectivity index (χ1n) is 7.28. The first-order valence-corrected chi connectivity index (χ1v) is 7.28. The van der Waals surface area contributed by atoms with E-state index in [-0.39, 0.29) is 0 Å². The first-order chi connectivity index (χ1) is 9.46. The number of benzene rings is 1. The van der Waals surface area contributed by atoms with Crippen LogP contribution in [0.15, 0.2) is 24.3 Å². The van der Waals surface area contributed by atoms with Gasteiger partial charge in [0, 0.05) is 6.54 Å². The summed E-state index contributed by atoms with van der Waals surface area (Å²) in [6.45, 7) is 8.46. The Morgan fingerprint density at radius 1 is 1.25 bits per heavy atom. The Morgan fingerprint density at radius 2 is 1.95 bits per heavy atom. The van der Waals surface area contributed by atoms with Gasteiger partial charge in [-0.15, -0.1) is 0 Å². The zero-order chi connectivity index (χ0) is 14.6. The number of hydrogen-bond donors (Lipinski definition) is 2. The van der Waals surface area contributed by atoms with Crippen molar-refractivity contribution in [3.05, 3.63) is 24.3 Å². The first kappa shape index (κ1) is 15.4. The molecule has 0 aromatic heterocycles. The third-order valence-electron chi connectivity index (χ3n) is 4.04. The molecule has 2 rings (SSSR count). The highest BCUT2D eigenvalue weighted by atomic mass is 16.5. The van der Waals surface area contributed by atoms with Gasteiger partial charge in [-0.1, -0.05) is 26.0 Å². The number of nitrogens with zero attached hydrogens (tertiary/aromatic N) is 1. The van der Waals surface area contributed by atoms with E-state index in [0.717, 1.165) is 19.6 Å². The maximum Gasteiger partial charge on any atom is 0.488 e. The van der Waals surface area contributed by atoms with Crippen LogP contribution in [0.1, 0.15) is 26.7 Å². The number of piperidine rings is 1. The van der Waals surface area contributed by atoms with Gasteiger partial charge in [0.05, 0.1) is 0 Å². The molecule has 20 heavy (non-hydrogen) atoms. The minimum absolute atomic E-state index is 0.460. The van der Waals surface area contributed by atoms with Crippen LogP contribution in [-0.2, 0) is 0 Å². The van der Waals surface area contributed by atoms with Crippen molar-refractivity contribution < 1.29 is 14.8 Å². The lowest BCUT2D eigenvalue weighted by Gasteiger charge is -2.36. The molecule has 110 valence electrons. The Balaban J connectivity index is 1.75. The van der Waals surface area contributed by atoms with Gasteiger partial charge in [0.1, 0.15) is 12.4 Å². The SMILES string of the molecule is CC1(C)CCN(CCOc2cccc(B(O)O)c2)CC1. The van der Waals surface area contributed by atoms with Crippen molar-refractivity contribution in [3.63, 3.8) is 0 Å². The van der Waals surface area contributed by atoms with E-state index in [1.165, 1.54) is 12.8 Å². The highest BCUT2D eigenvalue weighted by Crippen LogP contribution is 2.29. The van der Waals surface area contributed by atoms with Crippen LogP contribution in [-0.4, -0.2) is 48.3 Å². The zero-order valence-electron chi connectivity index (χ0n) is 12.4. The monoisotopic (exact) mass is 277 g/mol. The predicted molar refractivity (Wildman–Crippen MR) is 81.2 cm³/mol. The second-order valence-corrected chi connectivity index (χ2v) is 6.30. The Labute approximate surface area is 121 Å². The van der Waals surface area contributed by atoms with Gasteiger partial charge in [0.25, 0.3) is 0 Å². The predicted octanol–water partition coefficient (Wildman–Crippen LogP) is 0.867. The molecule has 0 unspecified atom stereocenters. The van der Waals surface area contributed by atoms with E-state index in [0.29, 0.717) is 23.2 Å². The summed E-state index contributed by atoms with van der Waals surface area (Å²) in [6.07, 6.45) is 2.47. The Morgan fingerprint density at radius 3 is 2.60 bits per heavy atom. The summed E-state index contributed by atoms with van der Waals surface area (Å²) in [7, 11) is -1.44. The van der Waals surface area contributed by atoms with E-state index in [1.54, 1.807) is 18.2 Å². The van der Waals surface area contributed by atoms with Gasteiger partial charge in [0.2, 0.25) is 0 Å². The fourth-order valence-electron chi connectivity index (χ4n) is 2.44. The average Bonchev–Trinajstić information content (AvgIpc) is 2.41. The van der Waals surface area contributed by atoms with Gasteiger partial charge in [-0.3, -0.25) is 4.90 Å². The normalized spacial score (nSPS) is 18.8. The number of ether oxygens (including phenoxy) is 1. The van der Waals surface area contributed by atoms with Crippen LogP contribution in [0.5, 0.6) is 5.75 Å². The molecule has 0 amide bonds. The summed E-state index contributed by atoms with van der Waals surface area (Å²) in [4.78, 5) is 2.43. The molecule has 1 fully saturated rings. The maximum absolute atomic E-state index is 9.12. The van der Waals surface area contributed by atoms with Crippen molar-refractivity contribution in [3.8, 4) is 5.75 Å². The summed E-state index contributed by atoms with van der Waals surface area (Å²) >= 11 is 0. The molecule has 2 N–H and O–H groups in total. The lowest BCUT2D eigenvalue weighted by Crippen LogP contribution is -2.39. The molecule has 0 atom stereocenters. The van der Waals surface area contributed by atoms with Crippen LogP contribution >= 0.6 is 0 Å².